The van der Waals surface area contributed by atoms with E-state index >= 15 is 0 Å². The summed E-state index contributed by atoms with van der Waals surface area (Å²) >= 11 is 2.81. The van der Waals surface area contributed by atoms with Gasteiger partial charge in [-0.15, -0.1) is 16.4 Å². The number of hydrogen-bond acceptors (Lipinski definition) is 6. The molecule has 3 aromatic rings. The first kappa shape index (κ1) is 14.1. The zero-order chi connectivity index (χ0) is 14.8. The van der Waals surface area contributed by atoms with Crippen LogP contribution in [-0.4, -0.2) is 24.1 Å². The summed E-state index contributed by atoms with van der Waals surface area (Å²) in [6.07, 6.45) is 2.56. The van der Waals surface area contributed by atoms with Crippen LogP contribution in [0.25, 0.3) is 4.96 Å². The molecule has 7 nitrogen and oxygen atoms in total. The Morgan fingerprint density at radius 3 is 3.10 bits per heavy atom. The Labute approximate surface area is 127 Å². The van der Waals surface area contributed by atoms with Gasteiger partial charge in [-0.3, -0.25) is 13.8 Å². The molecule has 0 aliphatic rings. The Morgan fingerprint density at radius 2 is 2.29 bits per heavy atom. The molecule has 3 rings (SSSR count). The molecular weight excluding hydrogens is 310 g/mol. The van der Waals surface area contributed by atoms with E-state index in [1.807, 2.05) is 12.3 Å². The molecule has 3 aromatic heterocycles. The molecule has 0 fully saturated rings. The fourth-order valence-electron chi connectivity index (χ4n) is 1.93. The molecule has 0 saturated carbocycles. The molecule has 0 aliphatic heterocycles. The van der Waals surface area contributed by atoms with Crippen molar-refractivity contribution in [2.24, 2.45) is 0 Å². The van der Waals surface area contributed by atoms with Gasteiger partial charge in [-0.1, -0.05) is 18.7 Å². The monoisotopic (exact) mass is 323 g/mol. The molecule has 1 N–H and O–H groups in total. The molecule has 110 valence electrons. The normalized spacial score (nSPS) is 11.3. The summed E-state index contributed by atoms with van der Waals surface area (Å²) in [4.78, 5) is 28.6. The summed E-state index contributed by atoms with van der Waals surface area (Å²) < 4.78 is 3.11. The highest BCUT2D eigenvalue weighted by atomic mass is 32.2. The van der Waals surface area contributed by atoms with E-state index in [4.69, 9.17) is 0 Å². The first-order valence-electron chi connectivity index (χ1n) is 6.43. The van der Waals surface area contributed by atoms with Gasteiger partial charge in [0.15, 0.2) is 10.1 Å². The maximum atomic E-state index is 11.9. The molecule has 0 atom stereocenters. The largest absolute Gasteiger partial charge is 0.343 e. The van der Waals surface area contributed by atoms with E-state index in [1.165, 1.54) is 33.6 Å². The summed E-state index contributed by atoms with van der Waals surface area (Å²) in [7, 11) is 0. The Balaban J connectivity index is 1.83. The maximum Gasteiger partial charge on any atom is 0.343 e. The molecule has 0 spiro atoms. The van der Waals surface area contributed by atoms with E-state index in [9.17, 15) is 9.59 Å². The van der Waals surface area contributed by atoms with Crippen LogP contribution in [0.4, 0.5) is 0 Å². The third-order valence-electron chi connectivity index (χ3n) is 2.88. The SMILES string of the molecule is CCCn1c(SCc2cc(=O)n3ccsc3n2)n[nH]c1=O. The number of rotatable bonds is 5. The zero-order valence-electron chi connectivity index (χ0n) is 11.3. The van der Waals surface area contributed by atoms with Gasteiger partial charge in [-0.25, -0.2) is 14.9 Å². The fraction of sp³-hybridized carbons (Fsp3) is 0.333. The maximum absolute atomic E-state index is 11.9. The number of aromatic amines is 1. The Morgan fingerprint density at radius 1 is 1.43 bits per heavy atom. The molecule has 0 aromatic carbocycles. The van der Waals surface area contributed by atoms with Crippen LogP contribution in [-0.2, 0) is 12.3 Å². The van der Waals surface area contributed by atoms with Gasteiger partial charge in [0.2, 0.25) is 0 Å². The van der Waals surface area contributed by atoms with Gasteiger partial charge < -0.3 is 0 Å². The molecule has 0 bridgehead atoms. The lowest BCUT2D eigenvalue weighted by Gasteiger charge is -2.03. The van der Waals surface area contributed by atoms with Crippen molar-refractivity contribution in [3.8, 4) is 0 Å². The first-order chi connectivity index (χ1) is 10.2. The van der Waals surface area contributed by atoms with E-state index < -0.39 is 0 Å². The highest BCUT2D eigenvalue weighted by molar-refractivity contribution is 7.98. The van der Waals surface area contributed by atoms with Crippen LogP contribution in [0.2, 0.25) is 0 Å². The van der Waals surface area contributed by atoms with E-state index in [0.29, 0.717) is 28.1 Å². The van der Waals surface area contributed by atoms with E-state index in [1.54, 1.807) is 10.8 Å². The fourth-order valence-corrected chi connectivity index (χ4v) is 3.54. The zero-order valence-corrected chi connectivity index (χ0v) is 12.9. The summed E-state index contributed by atoms with van der Waals surface area (Å²) in [6.45, 7) is 2.62. The van der Waals surface area contributed by atoms with Gasteiger partial charge in [-0.2, -0.15) is 0 Å². The van der Waals surface area contributed by atoms with Crippen molar-refractivity contribution in [2.75, 3.05) is 0 Å². The van der Waals surface area contributed by atoms with Gasteiger partial charge in [0.1, 0.15) is 0 Å². The second kappa shape index (κ2) is 5.86. The van der Waals surface area contributed by atoms with Crippen LogP contribution >= 0.6 is 23.1 Å². The third kappa shape index (κ3) is 2.79. The number of aromatic nitrogens is 5. The highest BCUT2D eigenvalue weighted by Crippen LogP contribution is 2.19. The number of hydrogen-bond donors (Lipinski definition) is 1. The lowest BCUT2D eigenvalue weighted by atomic mass is 10.4. The van der Waals surface area contributed by atoms with Gasteiger partial charge in [0, 0.05) is 29.9 Å². The lowest BCUT2D eigenvalue weighted by molar-refractivity contribution is 0.603. The summed E-state index contributed by atoms with van der Waals surface area (Å²) in [5.74, 6) is 0.498. The van der Waals surface area contributed by atoms with E-state index in [0.717, 1.165) is 6.42 Å². The van der Waals surface area contributed by atoms with Gasteiger partial charge in [0.25, 0.3) is 5.56 Å². The van der Waals surface area contributed by atoms with Crippen molar-refractivity contribution in [1.29, 1.82) is 0 Å². The summed E-state index contributed by atoms with van der Waals surface area (Å²) in [5, 5.41) is 8.90. The third-order valence-corrected chi connectivity index (χ3v) is 4.64. The molecule has 3 heterocycles. The summed E-state index contributed by atoms with van der Waals surface area (Å²) in [5.41, 5.74) is 0.386. The number of thiazole rings is 1. The van der Waals surface area contributed by atoms with Crippen molar-refractivity contribution in [1.82, 2.24) is 24.1 Å². The van der Waals surface area contributed by atoms with Crippen LogP contribution in [0.3, 0.4) is 0 Å². The quantitative estimate of drug-likeness (QED) is 0.716. The number of H-pyrrole nitrogens is 1. The van der Waals surface area contributed by atoms with Gasteiger partial charge >= 0.3 is 5.69 Å². The smallest absolute Gasteiger partial charge is 0.270 e. The molecule has 0 radical (unpaired) electrons. The second-order valence-electron chi connectivity index (χ2n) is 4.39. The first-order valence-corrected chi connectivity index (χ1v) is 8.29. The Bertz CT molecular complexity index is 876. The Hall–Kier alpha value is -1.87. The van der Waals surface area contributed by atoms with Gasteiger partial charge in [-0.05, 0) is 6.42 Å². The minimum atomic E-state index is -0.207. The minimum absolute atomic E-state index is 0.0928. The number of thioether (sulfide) groups is 1. The van der Waals surface area contributed by atoms with Crippen molar-refractivity contribution < 1.29 is 0 Å². The molecule has 9 heteroatoms. The van der Waals surface area contributed by atoms with Crippen molar-refractivity contribution in [2.45, 2.75) is 30.8 Å². The standard InChI is InChI=1S/C12H13N5O2S2/c1-2-3-17-10(19)14-15-12(17)21-7-8-6-9(18)16-4-5-20-11(16)13-8/h4-6H,2-3,7H2,1H3,(H,14,19). The van der Waals surface area contributed by atoms with Crippen molar-refractivity contribution in [3.05, 3.63) is 44.2 Å². The van der Waals surface area contributed by atoms with Crippen molar-refractivity contribution in [3.63, 3.8) is 0 Å². The molecule has 0 saturated heterocycles. The lowest BCUT2D eigenvalue weighted by Crippen LogP contribution is -2.17. The molecule has 0 amide bonds. The number of nitrogens with one attached hydrogen (secondary N) is 1. The van der Waals surface area contributed by atoms with E-state index in [2.05, 4.69) is 15.2 Å². The van der Waals surface area contributed by atoms with E-state index in [-0.39, 0.29) is 11.2 Å². The predicted octanol–water partition coefficient (Wildman–Crippen LogP) is 1.34. The van der Waals surface area contributed by atoms with Crippen LogP contribution < -0.4 is 11.2 Å². The minimum Gasteiger partial charge on any atom is -0.270 e. The predicted molar refractivity (Wildman–Crippen MR) is 82.0 cm³/mol. The van der Waals surface area contributed by atoms with Crippen LogP contribution in [0, 0.1) is 0 Å². The number of fused-ring (bicyclic) bond motifs is 1. The molecular formula is C12H13N5O2S2. The van der Waals surface area contributed by atoms with Crippen LogP contribution in [0.5, 0.6) is 0 Å². The topological polar surface area (TPSA) is 85.0 Å². The van der Waals surface area contributed by atoms with Crippen LogP contribution in [0.1, 0.15) is 19.0 Å². The molecule has 0 unspecified atom stereocenters. The van der Waals surface area contributed by atoms with Crippen LogP contribution in [0.15, 0.2) is 32.4 Å². The Kier molecular flexibility index (Phi) is 3.93. The highest BCUT2D eigenvalue weighted by Gasteiger charge is 2.10. The summed E-state index contributed by atoms with van der Waals surface area (Å²) in [6, 6.07) is 1.52. The van der Waals surface area contributed by atoms with Crippen molar-refractivity contribution >= 4 is 28.1 Å². The average Bonchev–Trinajstić information content (AvgIpc) is 3.06. The second-order valence-corrected chi connectivity index (χ2v) is 6.21. The van der Waals surface area contributed by atoms with Gasteiger partial charge in [0.05, 0.1) is 5.69 Å². The number of nitrogens with zero attached hydrogens (tertiary/aromatic N) is 4. The average molecular weight is 323 g/mol. The molecule has 21 heavy (non-hydrogen) atoms. The molecule has 0 aliphatic carbocycles.